The fourth-order valence-corrected chi connectivity index (χ4v) is 1.36. The number of nitrogens with one attached hydrogen (secondary N) is 2. The van der Waals surface area contributed by atoms with E-state index in [1.165, 1.54) is 0 Å². The van der Waals surface area contributed by atoms with Gasteiger partial charge in [0.1, 0.15) is 5.78 Å². The standard InChI is InChI=1S/C8H16N2O2/c11-4-3-9-2-1-7-5-8(12)6-10-7/h7,9-11H,1-6H2. The fourth-order valence-electron chi connectivity index (χ4n) is 1.36. The highest BCUT2D eigenvalue weighted by Gasteiger charge is 2.19. The summed E-state index contributed by atoms with van der Waals surface area (Å²) in [5.41, 5.74) is 0. The minimum Gasteiger partial charge on any atom is -0.395 e. The number of rotatable bonds is 5. The molecule has 0 aromatic heterocycles. The summed E-state index contributed by atoms with van der Waals surface area (Å²) in [5.74, 6) is 0.308. The first-order valence-corrected chi connectivity index (χ1v) is 4.39. The van der Waals surface area contributed by atoms with E-state index >= 15 is 0 Å². The minimum absolute atomic E-state index is 0.178. The molecule has 1 unspecified atom stereocenters. The summed E-state index contributed by atoms with van der Waals surface area (Å²) in [7, 11) is 0. The second kappa shape index (κ2) is 5.24. The summed E-state index contributed by atoms with van der Waals surface area (Å²) in [4.78, 5) is 10.8. The molecule has 4 nitrogen and oxygen atoms in total. The average molecular weight is 172 g/mol. The van der Waals surface area contributed by atoms with Gasteiger partial charge in [-0.15, -0.1) is 0 Å². The lowest BCUT2D eigenvalue weighted by atomic mass is 10.1. The smallest absolute Gasteiger partial charge is 0.148 e. The molecule has 0 bridgehead atoms. The third-order valence-electron chi connectivity index (χ3n) is 2.02. The maximum absolute atomic E-state index is 10.8. The number of hydrogen-bond donors (Lipinski definition) is 3. The normalized spacial score (nSPS) is 23.4. The van der Waals surface area contributed by atoms with E-state index in [0.29, 0.717) is 31.3 Å². The van der Waals surface area contributed by atoms with Crippen LogP contribution in [-0.2, 0) is 4.79 Å². The summed E-state index contributed by atoms with van der Waals surface area (Å²) in [6.45, 7) is 2.22. The van der Waals surface area contributed by atoms with Gasteiger partial charge in [-0.2, -0.15) is 0 Å². The number of ketones is 1. The van der Waals surface area contributed by atoms with Crippen LogP contribution >= 0.6 is 0 Å². The molecule has 0 radical (unpaired) electrons. The third-order valence-corrected chi connectivity index (χ3v) is 2.02. The Morgan fingerprint density at radius 3 is 3.00 bits per heavy atom. The number of hydrogen-bond acceptors (Lipinski definition) is 4. The zero-order valence-electron chi connectivity index (χ0n) is 7.18. The van der Waals surface area contributed by atoms with E-state index in [4.69, 9.17) is 5.11 Å². The number of carbonyl (C=O) groups is 1. The average Bonchev–Trinajstić information content (AvgIpc) is 2.45. The summed E-state index contributed by atoms with van der Waals surface area (Å²) in [6, 6.07) is 0.351. The SMILES string of the molecule is O=C1CNC(CCNCCO)C1. The Hall–Kier alpha value is -0.450. The highest BCUT2D eigenvalue weighted by atomic mass is 16.3. The van der Waals surface area contributed by atoms with Crippen LogP contribution in [0.5, 0.6) is 0 Å². The van der Waals surface area contributed by atoms with Crippen LogP contribution in [-0.4, -0.2) is 43.2 Å². The molecule has 1 aliphatic rings. The zero-order chi connectivity index (χ0) is 8.81. The molecule has 1 atom stereocenters. The monoisotopic (exact) mass is 172 g/mol. The molecular weight excluding hydrogens is 156 g/mol. The Morgan fingerprint density at radius 2 is 2.42 bits per heavy atom. The van der Waals surface area contributed by atoms with E-state index in [1.54, 1.807) is 0 Å². The first-order valence-electron chi connectivity index (χ1n) is 4.39. The molecule has 3 N–H and O–H groups in total. The van der Waals surface area contributed by atoms with E-state index in [-0.39, 0.29) is 6.61 Å². The second-order valence-electron chi connectivity index (χ2n) is 3.08. The molecule has 4 heteroatoms. The topological polar surface area (TPSA) is 61.4 Å². The first-order chi connectivity index (χ1) is 5.83. The quantitative estimate of drug-likeness (QED) is 0.460. The Kier molecular flexibility index (Phi) is 4.21. The lowest BCUT2D eigenvalue weighted by Crippen LogP contribution is -2.28. The van der Waals surface area contributed by atoms with Crippen LogP contribution in [0.2, 0.25) is 0 Å². The van der Waals surface area contributed by atoms with Crippen LogP contribution in [0, 0.1) is 0 Å². The third kappa shape index (κ3) is 3.30. The number of Topliss-reactive ketones (excluding diaryl/α,β-unsaturated/α-hetero) is 1. The number of carbonyl (C=O) groups excluding carboxylic acids is 1. The summed E-state index contributed by atoms with van der Waals surface area (Å²) >= 11 is 0. The van der Waals surface area contributed by atoms with E-state index in [1.807, 2.05) is 0 Å². The predicted octanol–water partition coefficient (Wildman–Crippen LogP) is -1.11. The molecule has 0 spiro atoms. The van der Waals surface area contributed by atoms with E-state index in [9.17, 15) is 4.79 Å². The van der Waals surface area contributed by atoms with Crippen molar-refractivity contribution in [3.05, 3.63) is 0 Å². The van der Waals surface area contributed by atoms with Gasteiger partial charge in [-0.25, -0.2) is 0 Å². The largest absolute Gasteiger partial charge is 0.395 e. The summed E-state index contributed by atoms with van der Waals surface area (Å²) in [6.07, 6.45) is 1.63. The van der Waals surface area contributed by atoms with Crippen molar-refractivity contribution < 1.29 is 9.90 Å². The van der Waals surface area contributed by atoms with Gasteiger partial charge in [0.2, 0.25) is 0 Å². The van der Waals surface area contributed by atoms with Gasteiger partial charge in [0.05, 0.1) is 13.2 Å². The molecule has 0 aromatic rings. The van der Waals surface area contributed by atoms with Crippen molar-refractivity contribution in [2.75, 3.05) is 26.2 Å². The Balaban J connectivity index is 1.97. The van der Waals surface area contributed by atoms with Gasteiger partial charge in [-0.05, 0) is 13.0 Å². The molecule has 1 rings (SSSR count). The van der Waals surface area contributed by atoms with E-state index < -0.39 is 0 Å². The van der Waals surface area contributed by atoms with Crippen molar-refractivity contribution in [1.82, 2.24) is 10.6 Å². The Morgan fingerprint density at radius 1 is 1.58 bits per heavy atom. The molecule has 1 aliphatic heterocycles. The summed E-state index contributed by atoms with van der Waals surface area (Å²) < 4.78 is 0. The van der Waals surface area contributed by atoms with Crippen LogP contribution in [0.1, 0.15) is 12.8 Å². The highest BCUT2D eigenvalue weighted by Crippen LogP contribution is 2.04. The lowest BCUT2D eigenvalue weighted by Gasteiger charge is -2.08. The molecule has 70 valence electrons. The van der Waals surface area contributed by atoms with Crippen molar-refractivity contribution in [3.63, 3.8) is 0 Å². The van der Waals surface area contributed by atoms with Crippen LogP contribution in [0.4, 0.5) is 0 Å². The Labute approximate surface area is 72.3 Å². The van der Waals surface area contributed by atoms with Crippen molar-refractivity contribution >= 4 is 5.78 Å². The molecular formula is C8H16N2O2. The van der Waals surface area contributed by atoms with Gasteiger partial charge in [0.15, 0.2) is 0 Å². The minimum atomic E-state index is 0.178. The van der Waals surface area contributed by atoms with Gasteiger partial charge in [0.25, 0.3) is 0 Å². The Bertz CT molecular complexity index is 150. The van der Waals surface area contributed by atoms with Crippen molar-refractivity contribution in [2.45, 2.75) is 18.9 Å². The number of aliphatic hydroxyl groups excluding tert-OH is 1. The molecule has 1 saturated heterocycles. The van der Waals surface area contributed by atoms with Crippen LogP contribution < -0.4 is 10.6 Å². The van der Waals surface area contributed by atoms with E-state index in [0.717, 1.165) is 13.0 Å². The van der Waals surface area contributed by atoms with Gasteiger partial charge in [0, 0.05) is 19.0 Å². The van der Waals surface area contributed by atoms with Crippen LogP contribution in [0.15, 0.2) is 0 Å². The molecule has 1 heterocycles. The molecule has 1 fully saturated rings. The zero-order valence-corrected chi connectivity index (χ0v) is 7.18. The van der Waals surface area contributed by atoms with Crippen LogP contribution in [0.3, 0.4) is 0 Å². The molecule has 0 aliphatic carbocycles. The van der Waals surface area contributed by atoms with Crippen molar-refractivity contribution in [3.8, 4) is 0 Å². The van der Waals surface area contributed by atoms with Gasteiger partial charge >= 0.3 is 0 Å². The summed E-state index contributed by atoms with van der Waals surface area (Å²) in [5, 5.41) is 14.7. The molecule has 0 saturated carbocycles. The van der Waals surface area contributed by atoms with Gasteiger partial charge in [-0.3, -0.25) is 4.79 Å². The molecule has 12 heavy (non-hydrogen) atoms. The fraction of sp³-hybridized carbons (Fsp3) is 0.875. The maximum atomic E-state index is 10.8. The molecule has 0 amide bonds. The first kappa shape index (κ1) is 9.64. The maximum Gasteiger partial charge on any atom is 0.148 e. The van der Waals surface area contributed by atoms with Crippen LogP contribution in [0.25, 0.3) is 0 Å². The van der Waals surface area contributed by atoms with Gasteiger partial charge in [-0.1, -0.05) is 0 Å². The van der Waals surface area contributed by atoms with Crippen molar-refractivity contribution in [2.24, 2.45) is 0 Å². The highest BCUT2D eigenvalue weighted by molar-refractivity contribution is 5.83. The second-order valence-corrected chi connectivity index (χ2v) is 3.08. The molecule has 0 aromatic carbocycles. The van der Waals surface area contributed by atoms with Gasteiger partial charge < -0.3 is 15.7 Å². The lowest BCUT2D eigenvalue weighted by molar-refractivity contribution is -0.116. The van der Waals surface area contributed by atoms with E-state index in [2.05, 4.69) is 10.6 Å². The predicted molar refractivity (Wildman–Crippen MR) is 46.0 cm³/mol. The van der Waals surface area contributed by atoms with Crippen molar-refractivity contribution in [1.29, 1.82) is 0 Å². The number of aliphatic hydroxyl groups is 1.